The van der Waals surface area contributed by atoms with E-state index in [9.17, 15) is 9.59 Å². The van der Waals surface area contributed by atoms with E-state index in [1.54, 1.807) is 31.2 Å². The number of hydrogen-bond donors (Lipinski definition) is 2. The average molecular weight is 301 g/mol. The number of carbonyl (C=O) groups is 2. The third-order valence-electron chi connectivity index (χ3n) is 3.19. The van der Waals surface area contributed by atoms with Crippen LogP contribution in [0.25, 0.3) is 0 Å². The minimum absolute atomic E-state index is 0.0458. The minimum Gasteiger partial charge on any atom is -0.479 e. The van der Waals surface area contributed by atoms with Crippen molar-refractivity contribution in [2.24, 2.45) is 0 Å². The molecule has 1 aromatic carbocycles. The van der Waals surface area contributed by atoms with E-state index in [1.165, 1.54) is 7.11 Å². The van der Waals surface area contributed by atoms with Crippen LogP contribution < -0.4 is 15.4 Å². The van der Waals surface area contributed by atoms with Crippen molar-refractivity contribution < 1.29 is 19.1 Å². The summed E-state index contributed by atoms with van der Waals surface area (Å²) in [4.78, 5) is 23.6. The molecular weight excluding hydrogens is 286 g/mol. The lowest BCUT2D eigenvalue weighted by molar-refractivity contribution is -0.136. The highest BCUT2D eigenvalue weighted by Gasteiger charge is 2.31. The van der Waals surface area contributed by atoms with Crippen LogP contribution in [0.1, 0.15) is 18.5 Å². The van der Waals surface area contributed by atoms with E-state index >= 15 is 0 Å². The topological polar surface area (TPSA) is 100 Å². The summed E-state index contributed by atoms with van der Waals surface area (Å²) in [5, 5.41) is 13.7. The quantitative estimate of drug-likeness (QED) is 0.818. The maximum absolute atomic E-state index is 11.9. The number of nitrogens with zero attached hydrogens (tertiary/aromatic N) is 1. The molecule has 0 unspecified atom stereocenters. The number of allylic oxidation sites excluding steroid dienone is 1. The standard InChI is InChI=1S/C15H15N3O4/c1-9-12(14(19)21-2)13(18-15(20)17-9)10-3-5-11(6-4-10)22-8-7-16/h3-6,13H,8H2,1-2H3,(H2,17,18,20)/t13-/m0/s1. The fraction of sp³-hybridized carbons (Fsp3) is 0.267. The van der Waals surface area contributed by atoms with Crippen molar-refractivity contribution >= 4 is 12.0 Å². The van der Waals surface area contributed by atoms with Crippen LogP contribution >= 0.6 is 0 Å². The third-order valence-corrected chi connectivity index (χ3v) is 3.19. The molecule has 0 aromatic heterocycles. The fourth-order valence-electron chi connectivity index (χ4n) is 2.20. The average Bonchev–Trinajstić information content (AvgIpc) is 2.52. The monoisotopic (exact) mass is 301 g/mol. The third kappa shape index (κ3) is 3.17. The number of hydrogen-bond acceptors (Lipinski definition) is 5. The number of nitriles is 1. The molecule has 0 saturated carbocycles. The first-order chi connectivity index (χ1) is 10.6. The van der Waals surface area contributed by atoms with Gasteiger partial charge in [-0.15, -0.1) is 0 Å². The number of ether oxygens (including phenoxy) is 2. The first-order valence-electron chi connectivity index (χ1n) is 6.53. The van der Waals surface area contributed by atoms with Crippen LogP contribution in [0, 0.1) is 11.3 Å². The number of esters is 1. The Bertz CT molecular complexity index is 658. The molecule has 114 valence electrons. The molecule has 2 amide bonds. The molecule has 0 saturated heterocycles. The van der Waals surface area contributed by atoms with Crippen LogP contribution in [0.4, 0.5) is 4.79 Å². The molecule has 7 heteroatoms. The lowest BCUT2D eigenvalue weighted by Crippen LogP contribution is -2.45. The Labute approximate surface area is 127 Å². The zero-order valence-corrected chi connectivity index (χ0v) is 12.2. The Morgan fingerprint density at radius 2 is 2.05 bits per heavy atom. The molecule has 0 radical (unpaired) electrons. The summed E-state index contributed by atoms with van der Waals surface area (Å²) in [6, 6.07) is 7.67. The molecule has 1 aromatic rings. The lowest BCUT2D eigenvalue weighted by atomic mass is 9.95. The number of benzene rings is 1. The molecule has 1 atom stereocenters. The first-order valence-corrected chi connectivity index (χ1v) is 6.53. The van der Waals surface area contributed by atoms with E-state index in [4.69, 9.17) is 14.7 Å². The van der Waals surface area contributed by atoms with Crippen molar-refractivity contribution in [1.29, 1.82) is 5.26 Å². The van der Waals surface area contributed by atoms with Crippen LogP contribution in [-0.2, 0) is 9.53 Å². The molecule has 7 nitrogen and oxygen atoms in total. The van der Waals surface area contributed by atoms with Gasteiger partial charge in [0, 0.05) is 5.70 Å². The number of urea groups is 1. The Morgan fingerprint density at radius 1 is 1.36 bits per heavy atom. The van der Waals surface area contributed by atoms with Crippen LogP contribution in [0.3, 0.4) is 0 Å². The fourth-order valence-corrected chi connectivity index (χ4v) is 2.20. The Kier molecular flexibility index (Phi) is 4.63. The van der Waals surface area contributed by atoms with Crippen LogP contribution in [0.5, 0.6) is 5.75 Å². The second kappa shape index (κ2) is 6.63. The SMILES string of the molecule is COC(=O)C1=C(C)NC(=O)N[C@H]1c1ccc(OCC#N)cc1. The summed E-state index contributed by atoms with van der Waals surface area (Å²) >= 11 is 0. The van der Waals surface area contributed by atoms with Crippen molar-refractivity contribution in [3.63, 3.8) is 0 Å². The number of nitrogens with one attached hydrogen (secondary N) is 2. The summed E-state index contributed by atoms with van der Waals surface area (Å²) in [6.07, 6.45) is 0. The van der Waals surface area contributed by atoms with Crippen molar-refractivity contribution in [2.75, 3.05) is 13.7 Å². The molecule has 0 aliphatic carbocycles. The van der Waals surface area contributed by atoms with Crippen molar-refractivity contribution in [3.05, 3.63) is 41.1 Å². The normalized spacial score (nSPS) is 17.1. The minimum atomic E-state index is -0.605. The summed E-state index contributed by atoms with van der Waals surface area (Å²) < 4.78 is 9.95. The molecule has 0 spiro atoms. The van der Waals surface area contributed by atoms with Gasteiger partial charge in [0.1, 0.15) is 11.8 Å². The van der Waals surface area contributed by atoms with Crippen molar-refractivity contribution in [3.8, 4) is 11.8 Å². The van der Waals surface area contributed by atoms with E-state index < -0.39 is 12.0 Å². The highest BCUT2D eigenvalue weighted by molar-refractivity contribution is 5.94. The molecule has 2 N–H and O–H groups in total. The van der Waals surface area contributed by atoms with Crippen molar-refractivity contribution in [1.82, 2.24) is 10.6 Å². The van der Waals surface area contributed by atoms with E-state index in [0.29, 0.717) is 22.6 Å². The Morgan fingerprint density at radius 3 is 2.64 bits per heavy atom. The van der Waals surface area contributed by atoms with Gasteiger partial charge in [-0.1, -0.05) is 12.1 Å². The first kappa shape index (κ1) is 15.4. The summed E-state index contributed by atoms with van der Waals surface area (Å²) in [5.41, 5.74) is 1.50. The van der Waals surface area contributed by atoms with E-state index in [0.717, 1.165) is 0 Å². The Hall–Kier alpha value is -3.01. The lowest BCUT2D eigenvalue weighted by Gasteiger charge is -2.27. The number of carbonyl (C=O) groups excluding carboxylic acids is 2. The molecule has 0 bridgehead atoms. The highest BCUT2D eigenvalue weighted by Crippen LogP contribution is 2.28. The van der Waals surface area contributed by atoms with E-state index in [2.05, 4.69) is 10.6 Å². The number of amides is 2. The van der Waals surface area contributed by atoms with Gasteiger partial charge in [-0.3, -0.25) is 0 Å². The van der Waals surface area contributed by atoms with Crippen molar-refractivity contribution in [2.45, 2.75) is 13.0 Å². The summed E-state index contributed by atoms with van der Waals surface area (Å²) in [5.74, 6) is 0.0192. The maximum atomic E-state index is 11.9. The molecule has 0 fully saturated rings. The van der Waals surface area contributed by atoms with Gasteiger partial charge >= 0.3 is 12.0 Å². The molecule has 2 rings (SSSR count). The highest BCUT2D eigenvalue weighted by atomic mass is 16.5. The van der Waals surface area contributed by atoms with Gasteiger partial charge in [0.15, 0.2) is 6.61 Å². The van der Waals surface area contributed by atoms with Gasteiger partial charge in [0.25, 0.3) is 0 Å². The van der Waals surface area contributed by atoms with Crippen LogP contribution in [0.15, 0.2) is 35.5 Å². The van der Waals surface area contributed by atoms with E-state index in [1.807, 2.05) is 6.07 Å². The summed E-state index contributed by atoms with van der Waals surface area (Å²) in [6.45, 7) is 1.60. The van der Waals surface area contributed by atoms with E-state index in [-0.39, 0.29) is 12.6 Å². The number of methoxy groups -OCH3 is 1. The van der Waals surface area contributed by atoms with Gasteiger partial charge in [-0.2, -0.15) is 5.26 Å². The predicted molar refractivity (Wildman–Crippen MR) is 76.7 cm³/mol. The van der Waals surface area contributed by atoms with Gasteiger partial charge < -0.3 is 20.1 Å². The maximum Gasteiger partial charge on any atom is 0.337 e. The molecule has 22 heavy (non-hydrogen) atoms. The second-order valence-corrected chi connectivity index (χ2v) is 4.58. The van der Waals surface area contributed by atoms with Crippen LogP contribution in [0.2, 0.25) is 0 Å². The molecular formula is C15H15N3O4. The zero-order chi connectivity index (χ0) is 16.1. The van der Waals surface area contributed by atoms with Gasteiger partial charge in [-0.25, -0.2) is 9.59 Å². The van der Waals surface area contributed by atoms with Crippen LogP contribution in [-0.4, -0.2) is 25.7 Å². The van der Waals surface area contributed by atoms with Gasteiger partial charge in [0.2, 0.25) is 0 Å². The van der Waals surface area contributed by atoms with Gasteiger partial charge in [0.05, 0.1) is 18.7 Å². The number of rotatable bonds is 4. The predicted octanol–water partition coefficient (Wildman–Crippen LogP) is 1.39. The Balaban J connectivity index is 2.32. The zero-order valence-electron chi connectivity index (χ0n) is 12.2. The summed E-state index contributed by atoms with van der Waals surface area (Å²) in [7, 11) is 1.29. The smallest absolute Gasteiger partial charge is 0.337 e. The second-order valence-electron chi connectivity index (χ2n) is 4.58. The molecule has 1 aliphatic rings. The largest absolute Gasteiger partial charge is 0.479 e. The van der Waals surface area contributed by atoms with Gasteiger partial charge in [-0.05, 0) is 24.6 Å². The molecule has 1 aliphatic heterocycles. The molecule has 1 heterocycles.